The van der Waals surface area contributed by atoms with Crippen LogP contribution in [-0.2, 0) is 9.53 Å². The molecule has 0 aromatic heterocycles. The number of nitrogens with zero attached hydrogens (tertiary/aromatic N) is 2. The largest absolute Gasteiger partial charge is 0.468 e. The van der Waals surface area contributed by atoms with Crippen molar-refractivity contribution in [3.05, 3.63) is 0 Å². The molecule has 0 spiro atoms. The van der Waals surface area contributed by atoms with E-state index in [-0.39, 0.29) is 5.97 Å². The first-order valence-electron chi connectivity index (χ1n) is 8.22. The summed E-state index contributed by atoms with van der Waals surface area (Å²) in [6.45, 7) is 11.4. The van der Waals surface area contributed by atoms with Crippen molar-refractivity contribution in [2.24, 2.45) is 0 Å². The maximum absolute atomic E-state index is 12.1. The van der Waals surface area contributed by atoms with E-state index in [9.17, 15) is 4.79 Å². The van der Waals surface area contributed by atoms with E-state index in [4.69, 9.17) is 4.74 Å². The molecule has 1 N–H and O–H groups in total. The fraction of sp³-hybridized carbons (Fsp3) is 0.938. The molecule has 0 aromatic rings. The van der Waals surface area contributed by atoms with E-state index in [0.717, 1.165) is 45.6 Å². The summed E-state index contributed by atoms with van der Waals surface area (Å²) in [5.41, 5.74) is -0.574. The Balaban J connectivity index is 2.54. The second kappa shape index (κ2) is 8.71. The zero-order chi connectivity index (χ0) is 15.9. The summed E-state index contributed by atoms with van der Waals surface area (Å²) in [5.74, 6) is -0.155. The number of esters is 1. The van der Waals surface area contributed by atoms with Gasteiger partial charge in [0.25, 0.3) is 0 Å². The summed E-state index contributed by atoms with van der Waals surface area (Å²) in [7, 11) is 3.67. The molecule has 1 rings (SSSR count). The summed E-state index contributed by atoms with van der Waals surface area (Å²) in [6, 6.07) is 0.631. The third kappa shape index (κ3) is 5.24. The Morgan fingerprint density at radius 2 is 2.10 bits per heavy atom. The van der Waals surface area contributed by atoms with Gasteiger partial charge >= 0.3 is 5.97 Å². The number of methoxy groups -OCH3 is 1. The van der Waals surface area contributed by atoms with Crippen LogP contribution in [0.2, 0.25) is 0 Å². The lowest BCUT2D eigenvalue weighted by molar-refractivity contribution is -0.148. The van der Waals surface area contributed by atoms with Crippen LogP contribution in [0, 0.1) is 0 Å². The van der Waals surface area contributed by atoms with Crippen LogP contribution < -0.4 is 5.32 Å². The molecule has 5 heteroatoms. The highest BCUT2D eigenvalue weighted by Gasteiger charge is 2.34. The highest BCUT2D eigenvalue weighted by molar-refractivity contribution is 5.80. The molecule has 1 saturated heterocycles. The summed E-state index contributed by atoms with van der Waals surface area (Å²) in [6.07, 6.45) is 2.98. The van der Waals surface area contributed by atoms with E-state index in [0.29, 0.717) is 6.04 Å². The number of carbonyl (C=O) groups is 1. The third-order valence-corrected chi connectivity index (χ3v) is 4.66. The van der Waals surface area contributed by atoms with E-state index < -0.39 is 5.54 Å². The average Bonchev–Trinajstić information content (AvgIpc) is 2.51. The Kier molecular flexibility index (Phi) is 7.63. The second-order valence-corrected chi connectivity index (χ2v) is 6.34. The van der Waals surface area contributed by atoms with Crippen molar-refractivity contribution >= 4 is 5.97 Å². The first-order chi connectivity index (χ1) is 9.96. The van der Waals surface area contributed by atoms with Gasteiger partial charge in [-0.25, -0.2) is 0 Å². The van der Waals surface area contributed by atoms with E-state index in [1.165, 1.54) is 13.5 Å². The van der Waals surface area contributed by atoms with Crippen LogP contribution in [0.3, 0.4) is 0 Å². The van der Waals surface area contributed by atoms with Gasteiger partial charge in [0.05, 0.1) is 7.11 Å². The Morgan fingerprint density at radius 3 is 2.67 bits per heavy atom. The van der Waals surface area contributed by atoms with Crippen molar-refractivity contribution < 1.29 is 9.53 Å². The molecule has 2 atom stereocenters. The summed E-state index contributed by atoms with van der Waals surface area (Å²) in [5, 5.41) is 3.36. The number of hydrogen-bond donors (Lipinski definition) is 1. The molecule has 1 heterocycles. The highest BCUT2D eigenvalue weighted by atomic mass is 16.5. The molecular weight excluding hydrogens is 266 g/mol. The molecule has 1 aliphatic heterocycles. The van der Waals surface area contributed by atoms with Crippen LogP contribution in [0.1, 0.15) is 40.0 Å². The monoisotopic (exact) mass is 299 g/mol. The Hall–Kier alpha value is -0.650. The topological polar surface area (TPSA) is 44.8 Å². The minimum Gasteiger partial charge on any atom is -0.468 e. The molecule has 0 aliphatic carbocycles. The van der Waals surface area contributed by atoms with Gasteiger partial charge in [-0.15, -0.1) is 0 Å². The van der Waals surface area contributed by atoms with E-state index in [1.807, 2.05) is 6.92 Å². The average molecular weight is 299 g/mol. The zero-order valence-corrected chi connectivity index (χ0v) is 14.4. The third-order valence-electron chi connectivity index (χ3n) is 4.66. The van der Waals surface area contributed by atoms with Crippen LogP contribution in [0.4, 0.5) is 0 Å². The molecule has 0 aromatic carbocycles. The van der Waals surface area contributed by atoms with Crippen LogP contribution >= 0.6 is 0 Å². The number of rotatable bonds is 8. The molecular formula is C16H33N3O2. The number of hydrogen-bond acceptors (Lipinski definition) is 5. The highest BCUT2D eigenvalue weighted by Crippen LogP contribution is 2.16. The van der Waals surface area contributed by atoms with Crippen LogP contribution in [0.5, 0.6) is 0 Å². The van der Waals surface area contributed by atoms with Gasteiger partial charge < -0.3 is 19.9 Å². The van der Waals surface area contributed by atoms with E-state index in [2.05, 4.69) is 36.0 Å². The van der Waals surface area contributed by atoms with Gasteiger partial charge in [0.1, 0.15) is 5.54 Å². The predicted octanol–water partition coefficient (Wildman–Crippen LogP) is 1.33. The minimum absolute atomic E-state index is 0.155. The second-order valence-electron chi connectivity index (χ2n) is 6.34. The first-order valence-corrected chi connectivity index (χ1v) is 8.22. The molecule has 0 saturated carbocycles. The quantitative estimate of drug-likeness (QED) is 0.685. The number of nitrogens with one attached hydrogen (secondary N) is 1. The molecule has 21 heavy (non-hydrogen) atoms. The van der Waals surface area contributed by atoms with E-state index in [1.54, 1.807) is 0 Å². The van der Waals surface area contributed by atoms with Crippen molar-refractivity contribution in [3.8, 4) is 0 Å². The molecule has 2 unspecified atom stereocenters. The number of carbonyl (C=O) groups excluding carboxylic acids is 1. The standard InChI is InChI=1S/C16H33N3O2/c1-6-9-17-16(3,15(20)21-5)8-10-19-12-11-18(4)14(7-2)13-19/h14,17H,6-13H2,1-5H3. The molecule has 5 nitrogen and oxygen atoms in total. The van der Waals surface area contributed by atoms with Crippen molar-refractivity contribution in [1.29, 1.82) is 0 Å². The smallest absolute Gasteiger partial charge is 0.325 e. The molecule has 0 bridgehead atoms. The van der Waals surface area contributed by atoms with Gasteiger partial charge in [-0.05, 0) is 39.8 Å². The lowest BCUT2D eigenvalue weighted by atomic mass is 9.96. The number of likely N-dealkylation sites (N-methyl/N-ethyl adjacent to an activating group) is 1. The fourth-order valence-electron chi connectivity index (χ4n) is 2.92. The predicted molar refractivity (Wildman–Crippen MR) is 86.5 cm³/mol. The molecule has 124 valence electrons. The molecule has 1 fully saturated rings. The first kappa shape index (κ1) is 18.4. The fourth-order valence-corrected chi connectivity index (χ4v) is 2.92. The van der Waals surface area contributed by atoms with Crippen molar-refractivity contribution in [2.75, 3.05) is 46.9 Å². The van der Waals surface area contributed by atoms with Gasteiger partial charge in [-0.1, -0.05) is 13.8 Å². The Bertz CT molecular complexity index is 325. The van der Waals surface area contributed by atoms with Gasteiger partial charge in [-0.3, -0.25) is 4.79 Å². The van der Waals surface area contributed by atoms with E-state index >= 15 is 0 Å². The minimum atomic E-state index is -0.574. The SMILES string of the molecule is CCCNC(C)(CCN1CCN(C)C(CC)C1)C(=O)OC. The molecule has 0 amide bonds. The van der Waals surface area contributed by atoms with Crippen molar-refractivity contribution in [2.45, 2.75) is 51.6 Å². The molecule has 1 aliphatic rings. The maximum Gasteiger partial charge on any atom is 0.325 e. The molecule has 0 radical (unpaired) electrons. The number of piperazine rings is 1. The van der Waals surface area contributed by atoms with Crippen LogP contribution in [-0.4, -0.2) is 74.2 Å². The summed E-state index contributed by atoms with van der Waals surface area (Å²) in [4.78, 5) is 17.0. The van der Waals surface area contributed by atoms with Gasteiger partial charge in [-0.2, -0.15) is 0 Å². The van der Waals surface area contributed by atoms with Gasteiger partial charge in [0.15, 0.2) is 0 Å². The summed E-state index contributed by atoms with van der Waals surface area (Å²) >= 11 is 0. The Labute approximate surface area is 130 Å². The van der Waals surface area contributed by atoms with Gasteiger partial charge in [0, 0.05) is 32.2 Å². The van der Waals surface area contributed by atoms with Crippen molar-refractivity contribution in [1.82, 2.24) is 15.1 Å². The summed E-state index contributed by atoms with van der Waals surface area (Å²) < 4.78 is 4.98. The zero-order valence-electron chi connectivity index (χ0n) is 14.4. The maximum atomic E-state index is 12.1. The van der Waals surface area contributed by atoms with Gasteiger partial charge in [0.2, 0.25) is 0 Å². The normalized spacial score (nSPS) is 23.8. The lowest BCUT2D eigenvalue weighted by Crippen LogP contribution is -2.55. The Morgan fingerprint density at radius 1 is 1.38 bits per heavy atom. The van der Waals surface area contributed by atoms with Crippen molar-refractivity contribution in [3.63, 3.8) is 0 Å². The van der Waals surface area contributed by atoms with Crippen LogP contribution in [0.15, 0.2) is 0 Å². The number of ether oxygens (including phenoxy) is 1. The lowest BCUT2D eigenvalue weighted by Gasteiger charge is -2.40. The van der Waals surface area contributed by atoms with Crippen LogP contribution in [0.25, 0.3) is 0 Å².